The van der Waals surface area contributed by atoms with Crippen molar-refractivity contribution in [2.75, 3.05) is 19.8 Å². The standard InChI is InChI=1S/C42H77O8P/c1-4-7-9-11-13-15-17-19-20-21-22-23-24-25-27-29-31-33-35-37-42(44)50-40(39-49-51(45,46)48-6-3)38-47-41(43)36-34-32-30-28-26-18-16-14-12-10-8-5-2/h13-16,19-20,40H,4-12,17-18,21-39H2,1-3H3,(H,45,46)/b15-13-,16-14-,20-19-. The molecule has 0 saturated heterocycles. The average molecular weight is 741 g/mol. The molecule has 2 atom stereocenters. The van der Waals surface area contributed by atoms with Crippen LogP contribution in [0, 0.1) is 0 Å². The summed E-state index contributed by atoms with van der Waals surface area (Å²) in [6.07, 6.45) is 41.9. The number of unbranched alkanes of at least 4 members (excludes halogenated alkanes) is 20. The number of rotatable bonds is 38. The van der Waals surface area contributed by atoms with Gasteiger partial charge in [0.05, 0.1) is 13.2 Å². The van der Waals surface area contributed by atoms with Crippen LogP contribution in [0.3, 0.4) is 0 Å². The number of hydrogen-bond donors (Lipinski definition) is 1. The smallest absolute Gasteiger partial charge is 0.462 e. The van der Waals surface area contributed by atoms with Crippen LogP contribution in [0.25, 0.3) is 0 Å². The lowest BCUT2D eigenvalue weighted by Gasteiger charge is -2.19. The van der Waals surface area contributed by atoms with E-state index in [0.29, 0.717) is 6.42 Å². The van der Waals surface area contributed by atoms with Gasteiger partial charge in [0.2, 0.25) is 0 Å². The van der Waals surface area contributed by atoms with Crippen LogP contribution in [0.5, 0.6) is 0 Å². The summed E-state index contributed by atoms with van der Waals surface area (Å²) in [5.41, 5.74) is 0. The Morgan fingerprint density at radius 1 is 0.529 bits per heavy atom. The van der Waals surface area contributed by atoms with Gasteiger partial charge in [-0.05, 0) is 77.6 Å². The summed E-state index contributed by atoms with van der Waals surface area (Å²) in [5.74, 6) is -0.812. The molecule has 0 aromatic heterocycles. The van der Waals surface area contributed by atoms with E-state index in [0.717, 1.165) is 64.2 Å². The molecule has 2 unspecified atom stereocenters. The normalized spacial score (nSPS) is 13.7. The van der Waals surface area contributed by atoms with Gasteiger partial charge >= 0.3 is 19.8 Å². The molecule has 0 aromatic rings. The van der Waals surface area contributed by atoms with Crippen molar-refractivity contribution in [1.29, 1.82) is 0 Å². The van der Waals surface area contributed by atoms with E-state index >= 15 is 0 Å². The quantitative estimate of drug-likeness (QED) is 0.0288. The monoisotopic (exact) mass is 741 g/mol. The highest BCUT2D eigenvalue weighted by Crippen LogP contribution is 2.43. The second-order valence-electron chi connectivity index (χ2n) is 13.6. The van der Waals surface area contributed by atoms with Gasteiger partial charge in [-0.25, -0.2) is 4.57 Å². The Bertz CT molecular complexity index is 932. The number of carbonyl (C=O) groups excluding carboxylic acids is 2. The third kappa shape index (κ3) is 37.8. The summed E-state index contributed by atoms with van der Waals surface area (Å²) >= 11 is 0. The van der Waals surface area contributed by atoms with Crippen LogP contribution in [0.1, 0.15) is 194 Å². The predicted octanol–water partition coefficient (Wildman–Crippen LogP) is 12.8. The zero-order valence-corrected chi connectivity index (χ0v) is 33.9. The third-order valence-corrected chi connectivity index (χ3v) is 9.73. The zero-order chi connectivity index (χ0) is 37.5. The molecular formula is C42H77O8P. The number of allylic oxidation sites excluding steroid dienone is 6. The minimum absolute atomic E-state index is 0.00185. The van der Waals surface area contributed by atoms with Crippen molar-refractivity contribution in [2.45, 2.75) is 200 Å². The minimum atomic E-state index is -4.28. The SMILES string of the molecule is CCCCC/C=C\C/C=C\CCCCCCCCCCCC(=O)OC(COC(=O)CCCCCCC/C=C\CCCCC)COP(=O)(O)OCC. The largest absolute Gasteiger partial charge is 0.472 e. The molecule has 0 rings (SSSR count). The van der Waals surface area contributed by atoms with E-state index in [-0.39, 0.29) is 32.0 Å². The van der Waals surface area contributed by atoms with Crippen LogP contribution in [0.4, 0.5) is 0 Å². The number of carbonyl (C=O) groups is 2. The summed E-state index contributed by atoms with van der Waals surface area (Å²) < 4.78 is 32.6. The summed E-state index contributed by atoms with van der Waals surface area (Å²) in [6.45, 7) is 5.41. The van der Waals surface area contributed by atoms with Crippen molar-refractivity contribution in [3.63, 3.8) is 0 Å². The second kappa shape index (κ2) is 38.0. The molecule has 0 aliphatic carbocycles. The van der Waals surface area contributed by atoms with Crippen LogP contribution in [0.15, 0.2) is 36.5 Å². The molecule has 0 saturated carbocycles. The summed E-state index contributed by atoms with van der Waals surface area (Å²) in [6, 6.07) is 0. The van der Waals surface area contributed by atoms with Crippen LogP contribution >= 0.6 is 7.82 Å². The van der Waals surface area contributed by atoms with Gasteiger partial charge in [-0.1, -0.05) is 140 Å². The van der Waals surface area contributed by atoms with E-state index < -0.39 is 26.5 Å². The molecule has 51 heavy (non-hydrogen) atoms. The molecule has 1 N–H and O–H groups in total. The van der Waals surface area contributed by atoms with Crippen LogP contribution in [-0.2, 0) is 32.7 Å². The van der Waals surface area contributed by atoms with Crippen molar-refractivity contribution in [3.05, 3.63) is 36.5 Å². The Morgan fingerprint density at radius 2 is 0.941 bits per heavy atom. The molecule has 0 radical (unpaired) electrons. The molecule has 0 heterocycles. The van der Waals surface area contributed by atoms with Gasteiger partial charge in [0.25, 0.3) is 0 Å². The molecule has 0 spiro atoms. The van der Waals surface area contributed by atoms with Crippen molar-refractivity contribution in [1.82, 2.24) is 0 Å². The average Bonchev–Trinajstić information content (AvgIpc) is 3.10. The molecule has 0 aliphatic heterocycles. The fourth-order valence-electron chi connectivity index (χ4n) is 5.59. The van der Waals surface area contributed by atoms with Gasteiger partial charge in [0, 0.05) is 12.8 Å². The van der Waals surface area contributed by atoms with E-state index in [2.05, 4.69) is 50.3 Å². The summed E-state index contributed by atoms with van der Waals surface area (Å²) in [7, 11) is -4.28. The van der Waals surface area contributed by atoms with Gasteiger partial charge in [0.15, 0.2) is 6.10 Å². The van der Waals surface area contributed by atoms with Crippen molar-refractivity contribution < 1.29 is 37.6 Å². The number of phosphoric ester groups is 1. The highest BCUT2D eigenvalue weighted by atomic mass is 31.2. The Balaban J connectivity index is 4.09. The summed E-state index contributed by atoms with van der Waals surface area (Å²) in [4.78, 5) is 34.7. The highest BCUT2D eigenvalue weighted by molar-refractivity contribution is 7.47. The van der Waals surface area contributed by atoms with Gasteiger partial charge < -0.3 is 14.4 Å². The molecule has 0 bridgehead atoms. The lowest BCUT2D eigenvalue weighted by Crippen LogP contribution is -2.29. The van der Waals surface area contributed by atoms with E-state index in [1.807, 2.05) is 0 Å². The first-order chi connectivity index (χ1) is 24.8. The molecule has 9 heteroatoms. The van der Waals surface area contributed by atoms with Crippen LogP contribution in [-0.4, -0.2) is 42.8 Å². The third-order valence-electron chi connectivity index (χ3n) is 8.67. The summed E-state index contributed by atoms with van der Waals surface area (Å²) in [5, 5.41) is 0. The van der Waals surface area contributed by atoms with Crippen LogP contribution < -0.4 is 0 Å². The number of ether oxygens (including phenoxy) is 2. The first kappa shape index (κ1) is 49.3. The van der Waals surface area contributed by atoms with Crippen molar-refractivity contribution in [2.24, 2.45) is 0 Å². The van der Waals surface area contributed by atoms with Gasteiger partial charge in [-0.2, -0.15) is 0 Å². The van der Waals surface area contributed by atoms with E-state index in [1.54, 1.807) is 6.92 Å². The first-order valence-corrected chi connectivity index (χ1v) is 22.3. The molecule has 0 aromatic carbocycles. The van der Waals surface area contributed by atoms with E-state index in [1.165, 1.54) is 89.9 Å². The topological polar surface area (TPSA) is 108 Å². The minimum Gasteiger partial charge on any atom is -0.462 e. The maximum Gasteiger partial charge on any atom is 0.472 e. The molecule has 8 nitrogen and oxygen atoms in total. The van der Waals surface area contributed by atoms with Crippen molar-refractivity contribution >= 4 is 19.8 Å². The number of phosphoric acid groups is 1. The fraction of sp³-hybridized carbons (Fsp3) is 0.810. The molecule has 298 valence electrons. The Kier molecular flexibility index (Phi) is 36.7. The fourth-order valence-corrected chi connectivity index (χ4v) is 6.35. The van der Waals surface area contributed by atoms with E-state index in [9.17, 15) is 19.0 Å². The maximum atomic E-state index is 12.5. The first-order valence-electron chi connectivity index (χ1n) is 20.8. The molecule has 0 amide bonds. The highest BCUT2D eigenvalue weighted by Gasteiger charge is 2.25. The van der Waals surface area contributed by atoms with Gasteiger partial charge in [-0.15, -0.1) is 0 Å². The zero-order valence-electron chi connectivity index (χ0n) is 33.0. The lowest BCUT2D eigenvalue weighted by atomic mass is 10.1. The Morgan fingerprint density at radius 3 is 1.41 bits per heavy atom. The second-order valence-corrected chi connectivity index (χ2v) is 15.1. The van der Waals surface area contributed by atoms with Crippen LogP contribution in [0.2, 0.25) is 0 Å². The Labute approximate surface area is 313 Å². The number of esters is 2. The molecule has 0 aliphatic rings. The van der Waals surface area contributed by atoms with Crippen molar-refractivity contribution in [3.8, 4) is 0 Å². The molecule has 0 fully saturated rings. The predicted molar refractivity (Wildman–Crippen MR) is 212 cm³/mol. The maximum absolute atomic E-state index is 12.5. The Hall–Kier alpha value is -1.73. The van der Waals surface area contributed by atoms with E-state index in [4.69, 9.17) is 18.5 Å². The molecular weight excluding hydrogens is 663 g/mol. The van der Waals surface area contributed by atoms with Gasteiger partial charge in [-0.3, -0.25) is 18.6 Å². The van der Waals surface area contributed by atoms with Gasteiger partial charge in [0.1, 0.15) is 6.61 Å². The number of hydrogen-bond acceptors (Lipinski definition) is 7. The lowest BCUT2D eigenvalue weighted by molar-refractivity contribution is -0.161.